The van der Waals surface area contributed by atoms with Crippen molar-refractivity contribution in [2.75, 3.05) is 23.4 Å². The Labute approximate surface area is 158 Å². The van der Waals surface area contributed by atoms with Gasteiger partial charge >= 0.3 is 12.1 Å². The van der Waals surface area contributed by atoms with E-state index in [0.29, 0.717) is 23.5 Å². The molecule has 1 unspecified atom stereocenters. The second-order valence-corrected chi connectivity index (χ2v) is 7.04. The summed E-state index contributed by atoms with van der Waals surface area (Å²) in [7, 11) is 0. The molecule has 8 heteroatoms. The zero-order valence-electron chi connectivity index (χ0n) is 16.3. The summed E-state index contributed by atoms with van der Waals surface area (Å²) >= 11 is 0. The number of ether oxygens (including phenoxy) is 3. The second-order valence-electron chi connectivity index (χ2n) is 7.04. The number of carbonyl (C=O) groups is 3. The number of hydrogen-bond donors (Lipinski definition) is 1. The lowest BCUT2D eigenvalue weighted by Crippen LogP contribution is -2.49. The smallest absolute Gasteiger partial charge is 0.412 e. The van der Waals surface area contributed by atoms with E-state index in [0.717, 1.165) is 0 Å². The van der Waals surface area contributed by atoms with Crippen LogP contribution in [0.1, 0.15) is 41.0 Å². The van der Waals surface area contributed by atoms with Crippen LogP contribution in [0.5, 0.6) is 5.75 Å². The predicted octanol–water partition coefficient (Wildman–Crippen LogP) is 3.10. The van der Waals surface area contributed by atoms with Crippen LogP contribution in [0.3, 0.4) is 0 Å². The van der Waals surface area contributed by atoms with E-state index in [1.165, 1.54) is 4.90 Å². The SMILES string of the molecule is CCOC(=O)C(CC)N1C(=O)COc2ccc(NC(=O)OC(C)(C)C)cc21. The minimum Gasteiger partial charge on any atom is -0.482 e. The van der Waals surface area contributed by atoms with E-state index < -0.39 is 23.7 Å². The Bertz CT molecular complexity index is 725. The Morgan fingerprint density at radius 3 is 2.59 bits per heavy atom. The van der Waals surface area contributed by atoms with Gasteiger partial charge in [0.25, 0.3) is 5.91 Å². The summed E-state index contributed by atoms with van der Waals surface area (Å²) in [6, 6.07) is 4.09. The molecule has 1 heterocycles. The van der Waals surface area contributed by atoms with Gasteiger partial charge in [0, 0.05) is 5.69 Å². The summed E-state index contributed by atoms with van der Waals surface area (Å²) < 4.78 is 15.8. The molecular formula is C19H26N2O6. The van der Waals surface area contributed by atoms with Crippen molar-refractivity contribution in [3.05, 3.63) is 18.2 Å². The van der Waals surface area contributed by atoms with Gasteiger partial charge in [-0.1, -0.05) is 6.92 Å². The van der Waals surface area contributed by atoms with Gasteiger partial charge in [-0.2, -0.15) is 0 Å². The molecule has 0 bridgehead atoms. The first-order chi connectivity index (χ1) is 12.7. The van der Waals surface area contributed by atoms with Crippen molar-refractivity contribution in [1.29, 1.82) is 0 Å². The third-order valence-electron chi connectivity index (χ3n) is 3.74. The van der Waals surface area contributed by atoms with Gasteiger partial charge in [-0.05, 0) is 52.3 Å². The van der Waals surface area contributed by atoms with Crippen molar-refractivity contribution in [2.45, 2.75) is 52.7 Å². The predicted molar refractivity (Wildman–Crippen MR) is 100.0 cm³/mol. The molecule has 8 nitrogen and oxygen atoms in total. The van der Waals surface area contributed by atoms with Gasteiger partial charge in [-0.25, -0.2) is 9.59 Å². The Kier molecular flexibility index (Phi) is 6.30. The molecule has 0 aromatic heterocycles. The minimum absolute atomic E-state index is 0.165. The largest absolute Gasteiger partial charge is 0.482 e. The number of anilines is 2. The lowest BCUT2D eigenvalue weighted by molar-refractivity contribution is -0.146. The molecule has 0 fully saturated rings. The molecule has 1 aliphatic rings. The maximum atomic E-state index is 12.5. The standard InChI is InChI=1S/C19H26N2O6/c1-6-13(17(23)25-7-2)21-14-10-12(20-18(24)27-19(3,4)5)8-9-15(14)26-11-16(21)22/h8-10,13H,6-7,11H2,1-5H3,(H,20,24). The molecule has 1 aliphatic heterocycles. The zero-order valence-corrected chi connectivity index (χ0v) is 16.3. The Morgan fingerprint density at radius 1 is 1.30 bits per heavy atom. The normalized spacial score (nSPS) is 14.7. The molecule has 1 aromatic rings. The van der Waals surface area contributed by atoms with Crippen molar-refractivity contribution in [2.24, 2.45) is 0 Å². The number of fused-ring (bicyclic) bond motifs is 1. The average molecular weight is 378 g/mol. The number of nitrogens with one attached hydrogen (secondary N) is 1. The number of rotatable bonds is 5. The van der Waals surface area contributed by atoms with E-state index in [2.05, 4.69) is 5.32 Å². The molecular weight excluding hydrogens is 352 g/mol. The number of benzene rings is 1. The van der Waals surface area contributed by atoms with Gasteiger partial charge in [0.15, 0.2) is 6.61 Å². The monoisotopic (exact) mass is 378 g/mol. The first-order valence-corrected chi connectivity index (χ1v) is 8.91. The highest BCUT2D eigenvalue weighted by Gasteiger charge is 2.36. The average Bonchev–Trinajstić information content (AvgIpc) is 2.56. The summed E-state index contributed by atoms with van der Waals surface area (Å²) in [6.45, 7) is 8.86. The summed E-state index contributed by atoms with van der Waals surface area (Å²) in [5.41, 5.74) is 0.186. The first kappa shape index (κ1) is 20.5. The Hall–Kier alpha value is -2.77. The van der Waals surface area contributed by atoms with Crippen LogP contribution in [0.4, 0.5) is 16.2 Å². The summed E-state index contributed by atoms with van der Waals surface area (Å²) in [6.07, 6.45) is -0.234. The van der Waals surface area contributed by atoms with Crippen LogP contribution in [0.25, 0.3) is 0 Å². The molecule has 0 spiro atoms. The van der Waals surface area contributed by atoms with Crippen molar-refractivity contribution < 1.29 is 28.6 Å². The summed E-state index contributed by atoms with van der Waals surface area (Å²) in [5.74, 6) is -0.379. The van der Waals surface area contributed by atoms with Gasteiger partial charge in [0.1, 0.15) is 17.4 Å². The van der Waals surface area contributed by atoms with E-state index in [1.54, 1.807) is 52.8 Å². The molecule has 2 rings (SSSR count). The topological polar surface area (TPSA) is 94.2 Å². The molecule has 0 aliphatic carbocycles. The van der Waals surface area contributed by atoms with Crippen LogP contribution in [-0.2, 0) is 19.1 Å². The lowest BCUT2D eigenvalue weighted by atomic mass is 10.1. The third kappa shape index (κ3) is 5.12. The number of carbonyl (C=O) groups excluding carboxylic acids is 3. The van der Waals surface area contributed by atoms with Gasteiger partial charge in [0.05, 0.1) is 12.3 Å². The fourth-order valence-corrected chi connectivity index (χ4v) is 2.71. The molecule has 0 radical (unpaired) electrons. The highest BCUT2D eigenvalue weighted by atomic mass is 16.6. The van der Waals surface area contributed by atoms with Crippen molar-refractivity contribution in [1.82, 2.24) is 0 Å². The van der Waals surface area contributed by atoms with E-state index >= 15 is 0 Å². The molecule has 1 aromatic carbocycles. The van der Waals surface area contributed by atoms with Crippen LogP contribution in [-0.4, -0.2) is 42.8 Å². The maximum Gasteiger partial charge on any atom is 0.412 e. The van der Waals surface area contributed by atoms with Gasteiger partial charge in [-0.3, -0.25) is 15.0 Å². The number of esters is 1. The molecule has 2 amide bonds. The van der Waals surface area contributed by atoms with E-state index in [-0.39, 0.29) is 19.1 Å². The van der Waals surface area contributed by atoms with Gasteiger partial charge in [-0.15, -0.1) is 0 Å². The molecule has 27 heavy (non-hydrogen) atoms. The number of nitrogens with zero attached hydrogens (tertiary/aromatic N) is 1. The van der Waals surface area contributed by atoms with Crippen LogP contribution >= 0.6 is 0 Å². The van der Waals surface area contributed by atoms with E-state index in [1.807, 2.05) is 0 Å². The first-order valence-electron chi connectivity index (χ1n) is 8.91. The summed E-state index contributed by atoms with van der Waals surface area (Å²) in [4.78, 5) is 38.1. The fraction of sp³-hybridized carbons (Fsp3) is 0.526. The van der Waals surface area contributed by atoms with E-state index in [9.17, 15) is 14.4 Å². The van der Waals surface area contributed by atoms with Crippen LogP contribution in [0, 0.1) is 0 Å². The van der Waals surface area contributed by atoms with E-state index in [4.69, 9.17) is 14.2 Å². The fourth-order valence-electron chi connectivity index (χ4n) is 2.71. The van der Waals surface area contributed by atoms with Gasteiger partial charge < -0.3 is 14.2 Å². The molecule has 0 saturated heterocycles. The third-order valence-corrected chi connectivity index (χ3v) is 3.74. The summed E-state index contributed by atoms with van der Waals surface area (Å²) in [5, 5.41) is 2.62. The quantitative estimate of drug-likeness (QED) is 0.791. The van der Waals surface area contributed by atoms with Crippen LogP contribution in [0.15, 0.2) is 18.2 Å². The zero-order chi connectivity index (χ0) is 20.2. The number of hydrogen-bond acceptors (Lipinski definition) is 6. The maximum absolute atomic E-state index is 12.5. The Morgan fingerprint density at radius 2 is 2.00 bits per heavy atom. The van der Waals surface area contributed by atoms with Crippen LogP contribution < -0.4 is 15.0 Å². The molecule has 1 N–H and O–H groups in total. The minimum atomic E-state index is -0.767. The second kappa shape index (κ2) is 8.28. The molecule has 1 atom stereocenters. The van der Waals surface area contributed by atoms with Crippen molar-refractivity contribution in [3.63, 3.8) is 0 Å². The van der Waals surface area contributed by atoms with Crippen molar-refractivity contribution in [3.8, 4) is 5.75 Å². The highest BCUT2D eigenvalue weighted by molar-refractivity contribution is 6.03. The molecule has 0 saturated carbocycles. The highest BCUT2D eigenvalue weighted by Crippen LogP contribution is 2.36. The lowest BCUT2D eigenvalue weighted by Gasteiger charge is -2.34. The van der Waals surface area contributed by atoms with Crippen molar-refractivity contribution >= 4 is 29.3 Å². The number of amides is 2. The molecule has 148 valence electrons. The van der Waals surface area contributed by atoms with Gasteiger partial charge in [0.2, 0.25) is 0 Å². The van der Waals surface area contributed by atoms with Crippen LogP contribution in [0.2, 0.25) is 0 Å². The Balaban J connectivity index is 2.32.